The van der Waals surface area contributed by atoms with E-state index in [1.54, 1.807) is 6.07 Å². The molecule has 3 nitrogen and oxygen atoms in total. The fraction of sp³-hybridized carbons (Fsp3) is 0.364. The first-order valence-corrected chi connectivity index (χ1v) is 5.70. The Kier molecular flexibility index (Phi) is 3.07. The molecule has 80 valence electrons. The molecule has 0 atom stereocenters. The van der Waals surface area contributed by atoms with Gasteiger partial charge in [-0.05, 0) is 37.2 Å². The van der Waals surface area contributed by atoms with E-state index in [1.807, 2.05) is 12.1 Å². The molecule has 1 aliphatic heterocycles. The highest BCUT2D eigenvalue weighted by Gasteiger charge is 2.17. The zero-order valence-electron chi connectivity index (χ0n) is 8.24. The monoisotopic (exact) mass is 269 g/mol. The van der Waals surface area contributed by atoms with E-state index in [0.29, 0.717) is 5.56 Å². The summed E-state index contributed by atoms with van der Waals surface area (Å²) in [7, 11) is 0. The maximum absolute atomic E-state index is 11.0. The van der Waals surface area contributed by atoms with E-state index in [9.17, 15) is 4.79 Å². The van der Waals surface area contributed by atoms with Gasteiger partial charge >= 0.3 is 5.97 Å². The molecule has 15 heavy (non-hydrogen) atoms. The highest BCUT2D eigenvalue weighted by Crippen LogP contribution is 2.20. The number of halogens is 1. The standard InChI is InChI=1S/C11H12BrNO2/c12-9-3-2-8(7-13-4-1-5-13)10(6-9)11(14)15/h2-3,6H,1,4-5,7H2,(H,14,15). The van der Waals surface area contributed by atoms with Gasteiger partial charge in [-0.2, -0.15) is 0 Å². The normalized spacial score (nSPS) is 16.1. The smallest absolute Gasteiger partial charge is 0.336 e. The van der Waals surface area contributed by atoms with E-state index in [4.69, 9.17) is 5.11 Å². The van der Waals surface area contributed by atoms with Crippen LogP contribution in [0.15, 0.2) is 22.7 Å². The van der Waals surface area contributed by atoms with Crippen molar-refractivity contribution in [2.75, 3.05) is 13.1 Å². The molecule has 2 rings (SSSR count). The summed E-state index contributed by atoms with van der Waals surface area (Å²) in [5.74, 6) is -0.855. The number of carbonyl (C=O) groups is 1. The van der Waals surface area contributed by atoms with Crippen LogP contribution in [0.1, 0.15) is 22.3 Å². The lowest BCUT2D eigenvalue weighted by Gasteiger charge is -2.31. The average molecular weight is 270 g/mol. The van der Waals surface area contributed by atoms with Crippen LogP contribution in [0.25, 0.3) is 0 Å². The van der Waals surface area contributed by atoms with E-state index in [1.165, 1.54) is 6.42 Å². The lowest BCUT2D eigenvalue weighted by molar-refractivity contribution is 0.0693. The third-order valence-corrected chi connectivity index (χ3v) is 3.14. The molecule has 0 bridgehead atoms. The van der Waals surface area contributed by atoms with Crippen LogP contribution in [0.2, 0.25) is 0 Å². The molecule has 4 heteroatoms. The first kappa shape index (κ1) is 10.6. The molecule has 1 heterocycles. The minimum Gasteiger partial charge on any atom is -0.478 e. The van der Waals surface area contributed by atoms with E-state index < -0.39 is 5.97 Å². The van der Waals surface area contributed by atoms with Crippen molar-refractivity contribution in [3.05, 3.63) is 33.8 Å². The molecule has 0 spiro atoms. The van der Waals surface area contributed by atoms with Crippen molar-refractivity contribution < 1.29 is 9.90 Å². The molecule has 1 fully saturated rings. The number of carboxylic acids is 1. The van der Waals surface area contributed by atoms with Crippen molar-refractivity contribution in [3.63, 3.8) is 0 Å². The Morgan fingerprint density at radius 1 is 1.47 bits per heavy atom. The summed E-state index contributed by atoms with van der Waals surface area (Å²) in [5, 5.41) is 9.05. The third-order valence-electron chi connectivity index (χ3n) is 2.64. The van der Waals surface area contributed by atoms with Crippen molar-refractivity contribution in [1.82, 2.24) is 4.90 Å². The second-order valence-corrected chi connectivity index (χ2v) is 4.65. The van der Waals surface area contributed by atoms with Gasteiger partial charge in [0, 0.05) is 11.0 Å². The Morgan fingerprint density at radius 3 is 2.73 bits per heavy atom. The number of carboxylic acid groups (broad SMARTS) is 1. The second-order valence-electron chi connectivity index (χ2n) is 3.74. The van der Waals surface area contributed by atoms with Gasteiger partial charge in [-0.25, -0.2) is 4.79 Å². The van der Waals surface area contributed by atoms with E-state index in [0.717, 1.165) is 29.7 Å². The van der Waals surface area contributed by atoms with E-state index in [2.05, 4.69) is 20.8 Å². The summed E-state index contributed by atoms with van der Waals surface area (Å²) >= 11 is 3.28. The molecule has 0 saturated carbocycles. The van der Waals surface area contributed by atoms with Crippen molar-refractivity contribution in [1.29, 1.82) is 0 Å². The van der Waals surface area contributed by atoms with Gasteiger partial charge in [0.05, 0.1) is 5.56 Å². The Bertz CT molecular complexity index is 388. The number of likely N-dealkylation sites (tertiary alicyclic amines) is 1. The van der Waals surface area contributed by atoms with Crippen LogP contribution in [0.3, 0.4) is 0 Å². The SMILES string of the molecule is O=C(O)c1cc(Br)ccc1CN1CCC1. The predicted octanol–water partition coefficient (Wildman–Crippen LogP) is 2.35. The van der Waals surface area contributed by atoms with Gasteiger partial charge in [0.25, 0.3) is 0 Å². The number of benzene rings is 1. The van der Waals surface area contributed by atoms with Crippen LogP contribution in [0, 0.1) is 0 Å². The van der Waals surface area contributed by atoms with Crippen molar-refractivity contribution in [2.45, 2.75) is 13.0 Å². The molecular formula is C11H12BrNO2. The van der Waals surface area contributed by atoms with Gasteiger partial charge in [0.15, 0.2) is 0 Å². The maximum Gasteiger partial charge on any atom is 0.336 e. The van der Waals surface area contributed by atoms with E-state index >= 15 is 0 Å². The number of hydrogen-bond donors (Lipinski definition) is 1. The molecule has 1 aromatic carbocycles. The number of nitrogens with zero attached hydrogens (tertiary/aromatic N) is 1. The van der Waals surface area contributed by atoms with Crippen LogP contribution >= 0.6 is 15.9 Å². The Labute approximate surface area is 96.8 Å². The average Bonchev–Trinajstić information content (AvgIpc) is 2.12. The van der Waals surface area contributed by atoms with Crippen molar-refractivity contribution >= 4 is 21.9 Å². The van der Waals surface area contributed by atoms with Crippen molar-refractivity contribution in [2.24, 2.45) is 0 Å². The topological polar surface area (TPSA) is 40.5 Å². The summed E-state index contributed by atoms with van der Waals surface area (Å²) in [6.45, 7) is 2.90. The molecular weight excluding hydrogens is 258 g/mol. The van der Waals surface area contributed by atoms with Crippen LogP contribution in [0.5, 0.6) is 0 Å². The van der Waals surface area contributed by atoms with Gasteiger partial charge in [0.1, 0.15) is 0 Å². The second kappa shape index (κ2) is 4.33. The summed E-state index contributed by atoms with van der Waals surface area (Å²) in [5.41, 5.74) is 1.29. The summed E-state index contributed by atoms with van der Waals surface area (Å²) in [4.78, 5) is 13.3. The summed E-state index contributed by atoms with van der Waals surface area (Å²) < 4.78 is 0.812. The Balaban J connectivity index is 2.23. The van der Waals surface area contributed by atoms with Gasteiger partial charge in [0.2, 0.25) is 0 Å². The fourth-order valence-corrected chi connectivity index (χ4v) is 2.03. The number of aromatic carboxylic acids is 1. The molecule has 0 aromatic heterocycles. The minimum atomic E-state index is -0.855. The van der Waals surface area contributed by atoms with E-state index in [-0.39, 0.29) is 0 Å². The molecule has 1 aliphatic rings. The summed E-state index contributed by atoms with van der Waals surface area (Å²) in [6, 6.07) is 5.44. The third kappa shape index (κ3) is 2.38. The highest BCUT2D eigenvalue weighted by molar-refractivity contribution is 9.10. The Morgan fingerprint density at radius 2 is 2.20 bits per heavy atom. The van der Waals surface area contributed by atoms with Gasteiger partial charge in [-0.15, -0.1) is 0 Å². The fourth-order valence-electron chi connectivity index (χ4n) is 1.67. The quantitative estimate of drug-likeness (QED) is 0.916. The lowest BCUT2D eigenvalue weighted by Crippen LogP contribution is -2.36. The number of rotatable bonds is 3. The zero-order chi connectivity index (χ0) is 10.8. The highest BCUT2D eigenvalue weighted by atomic mass is 79.9. The lowest BCUT2D eigenvalue weighted by atomic mass is 10.1. The largest absolute Gasteiger partial charge is 0.478 e. The van der Waals surface area contributed by atoms with Crippen molar-refractivity contribution in [3.8, 4) is 0 Å². The molecule has 1 N–H and O–H groups in total. The first-order valence-electron chi connectivity index (χ1n) is 4.91. The van der Waals surface area contributed by atoms with Gasteiger partial charge < -0.3 is 5.11 Å². The van der Waals surface area contributed by atoms with Gasteiger partial charge in [-0.1, -0.05) is 22.0 Å². The molecule has 0 amide bonds. The molecule has 1 aromatic rings. The molecule has 0 unspecified atom stereocenters. The maximum atomic E-state index is 11.0. The van der Waals surface area contributed by atoms with Crippen LogP contribution in [0.4, 0.5) is 0 Å². The zero-order valence-corrected chi connectivity index (χ0v) is 9.83. The molecule has 0 aliphatic carbocycles. The number of hydrogen-bond acceptors (Lipinski definition) is 2. The molecule has 1 saturated heterocycles. The summed E-state index contributed by atoms with van der Waals surface area (Å²) in [6.07, 6.45) is 1.22. The first-order chi connectivity index (χ1) is 7.16. The molecule has 0 radical (unpaired) electrons. The Hall–Kier alpha value is -0.870. The van der Waals surface area contributed by atoms with Crippen LogP contribution < -0.4 is 0 Å². The predicted molar refractivity (Wildman–Crippen MR) is 61.0 cm³/mol. The van der Waals surface area contributed by atoms with Crippen LogP contribution in [-0.4, -0.2) is 29.1 Å². The van der Waals surface area contributed by atoms with Gasteiger partial charge in [-0.3, -0.25) is 4.90 Å². The minimum absolute atomic E-state index is 0.399. The van der Waals surface area contributed by atoms with Crippen LogP contribution in [-0.2, 0) is 6.54 Å².